The van der Waals surface area contributed by atoms with Gasteiger partial charge in [-0.1, -0.05) is 19.3 Å². The number of likely N-dealkylation sites (N-methyl/N-ethyl adjacent to an activating group) is 1. The lowest BCUT2D eigenvalue weighted by molar-refractivity contribution is -0.133. The van der Waals surface area contributed by atoms with Gasteiger partial charge in [-0.15, -0.1) is 0 Å². The van der Waals surface area contributed by atoms with Crippen LogP contribution in [-0.4, -0.2) is 44.7 Å². The van der Waals surface area contributed by atoms with Crippen molar-refractivity contribution in [2.75, 3.05) is 33.9 Å². The molecule has 1 saturated carbocycles. The van der Waals surface area contributed by atoms with Crippen molar-refractivity contribution < 1.29 is 14.3 Å². The largest absolute Gasteiger partial charge is 0.497 e. The summed E-state index contributed by atoms with van der Waals surface area (Å²) in [5, 5.41) is 0. The number of hydrogen-bond acceptors (Lipinski definition) is 4. The second kappa shape index (κ2) is 8.92. The van der Waals surface area contributed by atoms with E-state index in [0.717, 1.165) is 24.3 Å². The van der Waals surface area contributed by atoms with Crippen molar-refractivity contribution in [3.8, 4) is 11.5 Å². The minimum Gasteiger partial charge on any atom is -0.497 e. The van der Waals surface area contributed by atoms with Gasteiger partial charge in [0.25, 0.3) is 0 Å². The Bertz CT molecular complexity index is 510. The van der Waals surface area contributed by atoms with Crippen LogP contribution in [0, 0.1) is 5.41 Å². The number of amides is 1. The predicted molar refractivity (Wildman–Crippen MR) is 95.3 cm³/mol. The zero-order valence-electron chi connectivity index (χ0n) is 14.9. The topological polar surface area (TPSA) is 64.8 Å². The molecule has 2 N–H and O–H groups in total. The maximum atomic E-state index is 12.5. The van der Waals surface area contributed by atoms with E-state index < -0.39 is 0 Å². The van der Waals surface area contributed by atoms with E-state index in [4.69, 9.17) is 15.2 Å². The zero-order chi connectivity index (χ0) is 17.4. The molecule has 1 aromatic rings. The molecule has 0 atom stereocenters. The quantitative estimate of drug-likeness (QED) is 0.794. The molecule has 5 heteroatoms. The fourth-order valence-corrected chi connectivity index (χ4v) is 3.31. The van der Waals surface area contributed by atoms with Gasteiger partial charge in [0.1, 0.15) is 18.1 Å². The molecule has 1 fully saturated rings. The molecule has 0 heterocycles. The summed E-state index contributed by atoms with van der Waals surface area (Å²) in [6, 6.07) is 7.45. The summed E-state index contributed by atoms with van der Waals surface area (Å²) >= 11 is 0. The number of hydrogen-bond donors (Lipinski definition) is 1. The highest BCUT2D eigenvalue weighted by Gasteiger charge is 2.33. The Morgan fingerprint density at radius 2 is 1.79 bits per heavy atom. The molecule has 0 radical (unpaired) electrons. The molecule has 0 bridgehead atoms. The maximum absolute atomic E-state index is 12.5. The smallest absolute Gasteiger partial charge is 0.223 e. The molecule has 0 aliphatic heterocycles. The fraction of sp³-hybridized carbons (Fsp3) is 0.632. The number of methoxy groups -OCH3 is 1. The van der Waals surface area contributed by atoms with Crippen LogP contribution in [0.15, 0.2) is 24.3 Å². The van der Waals surface area contributed by atoms with Gasteiger partial charge in [-0.25, -0.2) is 0 Å². The minimum atomic E-state index is 0.0143. The lowest BCUT2D eigenvalue weighted by atomic mass is 9.71. The van der Waals surface area contributed by atoms with Crippen molar-refractivity contribution in [1.82, 2.24) is 4.90 Å². The number of nitrogens with two attached hydrogens (primary N) is 1. The van der Waals surface area contributed by atoms with Crippen LogP contribution in [0.1, 0.15) is 38.5 Å². The zero-order valence-corrected chi connectivity index (χ0v) is 14.9. The van der Waals surface area contributed by atoms with E-state index in [9.17, 15) is 4.79 Å². The van der Waals surface area contributed by atoms with Gasteiger partial charge < -0.3 is 20.1 Å². The third-order valence-corrected chi connectivity index (χ3v) is 5.05. The SMILES string of the molecule is COc1ccc(OCCN(C)C(=O)CC2(CN)CCCCC2)cc1. The standard InChI is InChI=1S/C19H30N2O3/c1-21(12-13-24-17-8-6-16(23-2)7-9-17)18(22)14-19(15-20)10-4-3-5-11-19/h6-9H,3-5,10-15,20H2,1-2H3. The third kappa shape index (κ3) is 5.13. The Morgan fingerprint density at radius 3 is 2.38 bits per heavy atom. The Labute approximate surface area is 145 Å². The number of benzene rings is 1. The van der Waals surface area contributed by atoms with E-state index in [1.807, 2.05) is 31.3 Å². The van der Waals surface area contributed by atoms with Crippen molar-refractivity contribution in [1.29, 1.82) is 0 Å². The summed E-state index contributed by atoms with van der Waals surface area (Å²) in [5.74, 6) is 1.75. The van der Waals surface area contributed by atoms with Crippen LogP contribution in [-0.2, 0) is 4.79 Å². The number of carbonyl (C=O) groups excluding carboxylic acids is 1. The first-order valence-electron chi connectivity index (χ1n) is 8.79. The van der Waals surface area contributed by atoms with Gasteiger partial charge in [0.15, 0.2) is 0 Å². The maximum Gasteiger partial charge on any atom is 0.223 e. The molecule has 0 spiro atoms. The molecule has 2 rings (SSSR count). The van der Waals surface area contributed by atoms with Gasteiger partial charge in [-0.2, -0.15) is 0 Å². The number of rotatable bonds is 8. The van der Waals surface area contributed by atoms with Crippen LogP contribution in [0.25, 0.3) is 0 Å². The fourth-order valence-electron chi connectivity index (χ4n) is 3.31. The molecule has 0 unspecified atom stereocenters. The Kier molecular flexibility index (Phi) is 6.91. The molecule has 0 aromatic heterocycles. The van der Waals surface area contributed by atoms with E-state index in [1.165, 1.54) is 19.3 Å². The van der Waals surface area contributed by atoms with Crippen LogP contribution in [0.3, 0.4) is 0 Å². The number of carbonyl (C=O) groups is 1. The summed E-state index contributed by atoms with van der Waals surface area (Å²) in [4.78, 5) is 14.3. The summed E-state index contributed by atoms with van der Waals surface area (Å²) in [6.07, 6.45) is 6.35. The van der Waals surface area contributed by atoms with Crippen LogP contribution >= 0.6 is 0 Å². The molecule has 1 aliphatic rings. The summed E-state index contributed by atoms with van der Waals surface area (Å²) < 4.78 is 10.8. The van der Waals surface area contributed by atoms with E-state index in [0.29, 0.717) is 26.1 Å². The van der Waals surface area contributed by atoms with Gasteiger partial charge in [-0.05, 0) is 49.1 Å². The summed E-state index contributed by atoms with van der Waals surface area (Å²) in [5.41, 5.74) is 6.00. The molecule has 1 aliphatic carbocycles. The highest BCUT2D eigenvalue weighted by atomic mass is 16.5. The van der Waals surface area contributed by atoms with Crippen LogP contribution in [0.4, 0.5) is 0 Å². The molecule has 24 heavy (non-hydrogen) atoms. The molecule has 1 aromatic carbocycles. The van der Waals surface area contributed by atoms with E-state index in [2.05, 4.69) is 0 Å². The Morgan fingerprint density at radius 1 is 1.17 bits per heavy atom. The highest BCUT2D eigenvalue weighted by Crippen LogP contribution is 2.38. The minimum absolute atomic E-state index is 0.0143. The van der Waals surface area contributed by atoms with E-state index in [1.54, 1.807) is 12.0 Å². The monoisotopic (exact) mass is 334 g/mol. The van der Waals surface area contributed by atoms with Crippen LogP contribution < -0.4 is 15.2 Å². The molecule has 0 saturated heterocycles. The van der Waals surface area contributed by atoms with Gasteiger partial charge >= 0.3 is 0 Å². The third-order valence-electron chi connectivity index (χ3n) is 5.05. The second-order valence-corrected chi connectivity index (χ2v) is 6.78. The number of nitrogens with zero attached hydrogens (tertiary/aromatic N) is 1. The van der Waals surface area contributed by atoms with Crippen molar-refractivity contribution in [3.63, 3.8) is 0 Å². The van der Waals surface area contributed by atoms with Crippen LogP contribution in [0.2, 0.25) is 0 Å². The van der Waals surface area contributed by atoms with Gasteiger partial charge in [0.05, 0.1) is 13.7 Å². The second-order valence-electron chi connectivity index (χ2n) is 6.78. The Balaban J connectivity index is 1.76. The Hall–Kier alpha value is -1.75. The van der Waals surface area contributed by atoms with Crippen molar-refractivity contribution in [2.24, 2.45) is 11.1 Å². The van der Waals surface area contributed by atoms with E-state index >= 15 is 0 Å². The van der Waals surface area contributed by atoms with Crippen molar-refractivity contribution >= 4 is 5.91 Å². The summed E-state index contributed by atoms with van der Waals surface area (Å²) in [7, 11) is 3.48. The normalized spacial score (nSPS) is 16.5. The highest BCUT2D eigenvalue weighted by molar-refractivity contribution is 5.76. The van der Waals surface area contributed by atoms with Gasteiger partial charge in [0, 0.05) is 13.5 Å². The van der Waals surface area contributed by atoms with Crippen molar-refractivity contribution in [3.05, 3.63) is 24.3 Å². The lowest BCUT2D eigenvalue weighted by Gasteiger charge is -2.36. The predicted octanol–water partition coefficient (Wildman–Crippen LogP) is 2.83. The first kappa shape index (κ1) is 18.6. The summed E-state index contributed by atoms with van der Waals surface area (Å²) in [6.45, 7) is 1.66. The van der Waals surface area contributed by atoms with E-state index in [-0.39, 0.29) is 11.3 Å². The lowest BCUT2D eigenvalue weighted by Crippen LogP contribution is -2.40. The van der Waals surface area contributed by atoms with Crippen LogP contribution in [0.5, 0.6) is 11.5 Å². The van der Waals surface area contributed by atoms with Gasteiger partial charge in [-0.3, -0.25) is 4.79 Å². The molecule has 1 amide bonds. The average Bonchev–Trinajstić information content (AvgIpc) is 2.63. The van der Waals surface area contributed by atoms with Gasteiger partial charge in [0.2, 0.25) is 5.91 Å². The molecule has 5 nitrogen and oxygen atoms in total. The molecular formula is C19H30N2O3. The molecule has 134 valence electrons. The average molecular weight is 334 g/mol. The first-order valence-corrected chi connectivity index (χ1v) is 8.79. The molecular weight excluding hydrogens is 304 g/mol. The number of ether oxygens (including phenoxy) is 2. The first-order chi connectivity index (χ1) is 11.6. The van der Waals surface area contributed by atoms with Crippen molar-refractivity contribution in [2.45, 2.75) is 38.5 Å².